The quantitative estimate of drug-likeness (QED) is 0.626. The van der Waals surface area contributed by atoms with Gasteiger partial charge < -0.3 is 9.15 Å². The molecule has 0 spiro atoms. The van der Waals surface area contributed by atoms with E-state index < -0.39 is 0 Å². The highest BCUT2D eigenvalue weighted by Gasteiger charge is 2.13. The second kappa shape index (κ2) is 6.69. The number of aryl methyl sites for hydroxylation is 1. The van der Waals surface area contributed by atoms with E-state index in [2.05, 4.69) is 6.92 Å². The van der Waals surface area contributed by atoms with Gasteiger partial charge in [-0.3, -0.25) is 4.79 Å². The molecule has 3 rings (SSSR count). The Hall–Kier alpha value is -2.55. The lowest BCUT2D eigenvalue weighted by molar-refractivity contribution is 0.309. The highest BCUT2D eigenvalue weighted by Crippen LogP contribution is 2.26. The Labute approximate surface area is 135 Å². The van der Waals surface area contributed by atoms with Crippen LogP contribution in [0, 0.1) is 6.92 Å². The molecule has 1 aromatic heterocycles. The third-order valence-electron chi connectivity index (χ3n) is 3.87. The molecule has 0 aliphatic carbocycles. The smallest absolute Gasteiger partial charge is 0.200 e. The van der Waals surface area contributed by atoms with E-state index >= 15 is 0 Å². The number of hydrogen-bond acceptors (Lipinski definition) is 3. The molecule has 2 aromatic carbocycles. The predicted molar refractivity (Wildman–Crippen MR) is 93.1 cm³/mol. The SMILES string of the molecule is CCCCOc1ccc2c(=O)c(-c3ccccc3)c(C)oc2c1. The van der Waals surface area contributed by atoms with Gasteiger partial charge in [0.15, 0.2) is 0 Å². The minimum Gasteiger partial charge on any atom is -0.493 e. The van der Waals surface area contributed by atoms with Crippen molar-refractivity contribution in [3.63, 3.8) is 0 Å². The molecule has 1 heterocycles. The second-order valence-electron chi connectivity index (χ2n) is 5.59. The molecule has 0 saturated heterocycles. The van der Waals surface area contributed by atoms with E-state index in [1.165, 1.54) is 0 Å². The van der Waals surface area contributed by atoms with Crippen molar-refractivity contribution < 1.29 is 9.15 Å². The van der Waals surface area contributed by atoms with Crippen molar-refractivity contribution in [2.75, 3.05) is 6.61 Å². The zero-order chi connectivity index (χ0) is 16.2. The topological polar surface area (TPSA) is 39.4 Å². The molecular weight excluding hydrogens is 288 g/mol. The van der Waals surface area contributed by atoms with E-state index in [1.807, 2.05) is 43.3 Å². The molecule has 0 N–H and O–H groups in total. The standard InChI is InChI=1S/C20H20O3/c1-3-4-12-22-16-10-11-17-18(13-16)23-14(2)19(20(17)21)15-8-6-5-7-9-15/h5-11,13H,3-4,12H2,1-2H3. The van der Waals surface area contributed by atoms with Crippen molar-refractivity contribution >= 4 is 11.0 Å². The van der Waals surface area contributed by atoms with Gasteiger partial charge in [-0.05, 0) is 31.0 Å². The van der Waals surface area contributed by atoms with Crippen LogP contribution in [0.4, 0.5) is 0 Å². The Balaban J connectivity index is 2.06. The van der Waals surface area contributed by atoms with Gasteiger partial charge in [-0.1, -0.05) is 43.7 Å². The molecule has 0 aliphatic rings. The van der Waals surface area contributed by atoms with Gasteiger partial charge in [0.05, 0.1) is 17.6 Å². The van der Waals surface area contributed by atoms with Gasteiger partial charge >= 0.3 is 0 Å². The molecule has 23 heavy (non-hydrogen) atoms. The molecule has 0 saturated carbocycles. The van der Waals surface area contributed by atoms with Crippen LogP contribution in [0.15, 0.2) is 57.7 Å². The Kier molecular flexibility index (Phi) is 4.47. The number of fused-ring (bicyclic) bond motifs is 1. The maximum absolute atomic E-state index is 12.8. The number of rotatable bonds is 5. The summed E-state index contributed by atoms with van der Waals surface area (Å²) in [6, 6.07) is 15.0. The number of ether oxygens (including phenoxy) is 1. The van der Waals surface area contributed by atoms with Gasteiger partial charge in [-0.2, -0.15) is 0 Å². The molecule has 3 aromatic rings. The van der Waals surface area contributed by atoms with Crippen LogP contribution >= 0.6 is 0 Å². The van der Waals surface area contributed by atoms with Crippen LogP contribution in [-0.2, 0) is 0 Å². The van der Waals surface area contributed by atoms with Crippen LogP contribution in [0.25, 0.3) is 22.1 Å². The van der Waals surface area contributed by atoms with E-state index in [1.54, 1.807) is 12.1 Å². The lowest BCUT2D eigenvalue weighted by atomic mass is 10.0. The van der Waals surface area contributed by atoms with Crippen LogP contribution in [0.2, 0.25) is 0 Å². The molecule has 3 heteroatoms. The van der Waals surface area contributed by atoms with E-state index in [0.29, 0.717) is 28.9 Å². The zero-order valence-corrected chi connectivity index (χ0v) is 13.5. The van der Waals surface area contributed by atoms with Crippen LogP contribution in [0.3, 0.4) is 0 Å². The van der Waals surface area contributed by atoms with Crippen molar-refractivity contribution in [2.24, 2.45) is 0 Å². The van der Waals surface area contributed by atoms with Crippen LogP contribution in [0.1, 0.15) is 25.5 Å². The maximum Gasteiger partial charge on any atom is 0.200 e. The summed E-state index contributed by atoms with van der Waals surface area (Å²) in [6.45, 7) is 4.62. The molecule has 0 radical (unpaired) electrons. The molecule has 3 nitrogen and oxygen atoms in total. The molecule has 0 atom stereocenters. The van der Waals surface area contributed by atoms with Crippen molar-refractivity contribution in [2.45, 2.75) is 26.7 Å². The molecule has 0 amide bonds. The Bertz CT molecular complexity index is 863. The number of unbranched alkanes of at least 4 members (excludes halogenated alkanes) is 1. The minimum atomic E-state index is -0.00458. The lowest BCUT2D eigenvalue weighted by Gasteiger charge is -2.09. The first kappa shape index (κ1) is 15.3. The fraction of sp³-hybridized carbons (Fsp3) is 0.250. The maximum atomic E-state index is 12.8. The lowest BCUT2D eigenvalue weighted by Crippen LogP contribution is -2.07. The predicted octanol–water partition coefficient (Wildman–Crippen LogP) is 4.95. The van der Waals surface area contributed by atoms with Gasteiger partial charge in [0, 0.05) is 6.07 Å². The van der Waals surface area contributed by atoms with Crippen molar-refractivity contribution in [1.82, 2.24) is 0 Å². The molecule has 0 bridgehead atoms. The third-order valence-corrected chi connectivity index (χ3v) is 3.87. The Morgan fingerprint density at radius 2 is 1.87 bits per heavy atom. The molecule has 0 unspecified atom stereocenters. The summed E-state index contributed by atoms with van der Waals surface area (Å²) in [5, 5.41) is 0.581. The first-order chi connectivity index (χ1) is 11.2. The molecule has 0 fully saturated rings. The van der Waals surface area contributed by atoms with Crippen molar-refractivity contribution in [3.05, 3.63) is 64.5 Å². The summed E-state index contributed by atoms with van der Waals surface area (Å²) in [6.07, 6.45) is 2.09. The van der Waals surface area contributed by atoms with E-state index in [0.717, 1.165) is 24.2 Å². The van der Waals surface area contributed by atoms with Crippen molar-refractivity contribution in [1.29, 1.82) is 0 Å². The summed E-state index contributed by atoms with van der Waals surface area (Å²) in [4.78, 5) is 12.8. The first-order valence-electron chi connectivity index (χ1n) is 7.96. The summed E-state index contributed by atoms with van der Waals surface area (Å²) in [5.74, 6) is 1.36. The van der Waals surface area contributed by atoms with E-state index in [9.17, 15) is 4.79 Å². The Morgan fingerprint density at radius 1 is 1.09 bits per heavy atom. The molecule has 118 valence electrons. The van der Waals surface area contributed by atoms with E-state index in [-0.39, 0.29) is 5.43 Å². The van der Waals surface area contributed by atoms with Crippen LogP contribution < -0.4 is 10.2 Å². The van der Waals surface area contributed by atoms with Gasteiger partial charge in [0.25, 0.3) is 0 Å². The Morgan fingerprint density at radius 3 is 2.61 bits per heavy atom. The summed E-state index contributed by atoms with van der Waals surface area (Å²) in [5.41, 5.74) is 2.07. The molecule has 0 aliphatic heterocycles. The van der Waals surface area contributed by atoms with Gasteiger partial charge in [-0.15, -0.1) is 0 Å². The largest absolute Gasteiger partial charge is 0.493 e. The van der Waals surface area contributed by atoms with Gasteiger partial charge in [0.2, 0.25) is 5.43 Å². The molecular formula is C20H20O3. The third kappa shape index (κ3) is 3.14. The minimum absolute atomic E-state index is 0.00458. The monoisotopic (exact) mass is 308 g/mol. The van der Waals surface area contributed by atoms with E-state index in [4.69, 9.17) is 9.15 Å². The average molecular weight is 308 g/mol. The second-order valence-corrected chi connectivity index (χ2v) is 5.59. The zero-order valence-electron chi connectivity index (χ0n) is 13.5. The summed E-state index contributed by atoms with van der Waals surface area (Å²) < 4.78 is 11.6. The normalized spacial score (nSPS) is 10.9. The average Bonchev–Trinajstić information content (AvgIpc) is 2.56. The number of benzene rings is 2. The highest BCUT2D eigenvalue weighted by molar-refractivity contribution is 5.83. The fourth-order valence-electron chi connectivity index (χ4n) is 2.65. The van der Waals surface area contributed by atoms with Crippen LogP contribution in [0.5, 0.6) is 5.75 Å². The van der Waals surface area contributed by atoms with Crippen LogP contribution in [-0.4, -0.2) is 6.61 Å². The fourth-order valence-corrected chi connectivity index (χ4v) is 2.65. The van der Waals surface area contributed by atoms with Crippen molar-refractivity contribution in [3.8, 4) is 16.9 Å². The highest BCUT2D eigenvalue weighted by atomic mass is 16.5. The summed E-state index contributed by atoms with van der Waals surface area (Å²) in [7, 11) is 0. The summed E-state index contributed by atoms with van der Waals surface area (Å²) >= 11 is 0. The van der Waals surface area contributed by atoms with Gasteiger partial charge in [-0.25, -0.2) is 0 Å². The van der Waals surface area contributed by atoms with Gasteiger partial charge in [0.1, 0.15) is 17.1 Å². The first-order valence-corrected chi connectivity index (χ1v) is 7.96. The number of hydrogen-bond donors (Lipinski definition) is 0.